The molecule has 1 rings (SSSR count). The van der Waals surface area contributed by atoms with Crippen molar-refractivity contribution in [1.29, 1.82) is 0 Å². The van der Waals surface area contributed by atoms with Crippen molar-refractivity contribution in [3.8, 4) is 0 Å². The average molecular weight is 235 g/mol. The Balaban J connectivity index is 2.30. The third-order valence-electron chi connectivity index (χ3n) is 2.97. The fourth-order valence-electron chi connectivity index (χ4n) is 1.95. The molecule has 1 fully saturated rings. The van der Waals surface area contributed by atoms with E-state index in [2.05, 4.69) is 30.6 Å². The first-order valence-corrected chi connectivity index (χ1v) is 6.18. The van der Waals surface area contributed by atoms with Gasteiger partial charge in [0, 0.05) is 44.1 Å². The van der Waals surface area contributed by atoms with E-state index >= 15 is 0 Å². The lowest BCUT2D eigenvalue weighted by Gasteiger charge is -2.42. The van der Waals surface area contributed by atoms with E-state index in [4.69, 9.17) is 11.6 Å². The molecule has 1 aliphatic heterocycles. The second-order valence-corrected chi connectivity index (χ2v) is 5.58. The molecule has 0 aromatic carbocycles. The minimum Gasteiger partial charge on any atom is -0.391 e. The van der Waals surface area contributed by atoms with Gasteiger partial charge in [-0.25, -0.2) is 0 Å². The van der Waals surface area contributed by atoms with E-state index in [0.717, 1.165) is 26.2 Å². The Hall–Kier alpha value is 0.170. The van der Waals surface area contributed by atoms with E-state index in [-0.39, 0.29) is 11.6 Å². The number of nitrogens with zero attached hydrogens (tertiary/aromatic N) is 2. The summed E-state index contributed by atoms with van der Waals surface area (Å²) in [4.78, 5) is 4.77. The number of alkyl halides is 1. The zero-order valence-corrected chi connectivity index (χ0v) is 10.8. The standard InChI is InChI=1S/C11H23ClN2O/c1-11(2,3)14-6-4-13(5-7-14)9-10(15)8-12/h10,15H,4-9H2,1-3H3. The highest BCUT2D eigenvalue weighted by Gasteiger charge is 2.26. The van der Waals surface area contributed by atoms with Gasteiger partial charge in [-0.2, -0.15) is 0 Å². The molecule has 0 aromatic heterocycles. The molecule has 0 bridgehead atoms. The van der Waals surface area contributed by atoms with Crippen molar-refractivity contribution >= 4 is 11.6 Å². The second-order valence-electron chi connectivity index (χ2n) is 5.27. The highest BCUT2D eigenvalue weighted by atomic mass is 35.5. The van der Waals surface area contributed by atoms with Crippen LogP contribution in [-0.4, -0.2) is 65.2 Å². The largest absolute Gasteiger partial charge is 0.391 e. The minimum absolute atomic E-state index is 0.261. The monoisotopic (exact) mass is 234 g/mol. The number of rotatable bonds is 3. The van der Waals surface area contributed by atoms with Gasteiger partial charge in [0.15, 0.2) is 0 Å². The van der Waals surface area contributed by atoms with Crippen molar-refractivity contribution in [2.45, 2.75) is 32.4 Å². The predicted molar refractivity (Wildman–Crippen MR) is 64.5 cm³/mol. The molecule has 4 heteroatoms. The van der Waals surface area contributed by atoms with Gasteiger partial charge in [0.1, 0.15) is 0 Å². The summed E-state index contributed by atoms with van der Waals surface area (Å²) < 4.78 is 0. The molecule has 1 saturated heterocycles. The van der Waals surface area contributed by atoms with E-state index in [0.29, 0.717) is 12.4 Å². The number of halogens is 1. The Bertz CT molecular complexity index is 186. The third kappa shape index (κ3) is 4.27. The molecular formula is C11H23ClN2O. The van der Waals surface area contributed by atoms with Gasteiger partial charge in [0.05, 0.1) is 6.10 Å². The molecule has 0 aliphatic carbocycles. The molecule has 1 N–H and O–H groups in total. The molecule has 0 radical (unpaired) electrons. The van der Waals surface area contributed by atoms with Crippen LogP contribution in [0.5, 0.6) is 0 Å². The summed E-state index contributed by atoms with van der Waals surface area (Å²) in [6.45, 7) is 11.7. The number of β-amino-alcohol motifs (C(OH)–C–C–N with tert-alkyl or cyclic N) is 1. The Labute approximate surface area is 98.0 Å². The molecule has 0 spiro atoms. The van der Waals surface area contributed by atoms with Crippen molar-refractivity contribution in [1.82, 2.24) is 9.80 Å². The molecule has 1 atom stereocenters. The lowest BCUT2D eigenvalue weighted by molar-refractivity contribution is 0.0412. The predicted octanol–water partition coefficient (Wildman–Crippen LogP) is 1.00. The fraction of sp³-hybridized carbons (Fsp3) is 1.00. The smallest absolute Gasteiger partial charge is 0.0802 e. The fourth-order valence-corrected chi connectivity index (χ4v) is 2.05. The zero-order valence-electron chi connectivity index (χ0n) is 10.0. The van der Waals surface area contributed by atoms with E-state index in [1.54, 1.807) is 0 Å². The molecule has 1 aliphatic rings. The summed E-state index contributed by atoms with van der Waals surface area (Å²) in [7, 11) is 0. The maximum atomic E-state index is 9.45. The van der Waals surface area contributed by atoms with Gasteiger partial charge < -0.3 is 5.11 Å². The van der Waals surface area contributed by atoms with E-state index in [1.165, 1.54) is 0 Å². The molecule has 0 aromatic rings. The number of piperazine rings is 1. The van der Waals surface area contributed by atoms with Gasteiger partial charge in [-0.15, -0.1) is 11.6 Å². The van der Waals surface area contributed by atoms with Crippen LogP contribution in [0, 0.1) is 0 Å². The summed E-state index contributed by atoms with van der Waals surface area (Å²) in [5.74, 6) is 0.333. The Morgan fingerprint density at radius 1 is 1.20 bits per heavy atom. The van der Waals surface area contributed by atoms with E-state index in [9.17, 15) is 5.11 Å². The number of hydrogen-bond acceptors (Lipinski definition) is 3. The van der Waals surface area contributed by atoms with Gasteiger partial charge >= 0.3 is 0 Å². The number of hydrogen-bond donors (Lipinski definition) is 1. The topological polar surface area (TPSA) is 26.7 Å². The van der Waals surface area contributed by atoms with Crippen LogP contribution in [0.1, 0.15) is 20.8 Å². The van der Waals surface area contributed by atoms with E-state index < -0.39 is 0 Å². The van der Waals surface area contributed by atoms with Crippen molar-refractivity contribution in [3.05, 3.63) is 0 Å². The van der Waals surface area contributed by atoms with Gasteiger partial charge in [-0.3, -0.25) is 9.80 Å². The molecule has 15 heavy (non-hydrogen) atoms. The van der Waals surface area contributed by atoms with Crippen LogP contribution in [0.3, 0.4) is 0 Å². The Morgan fingerprint density at radius 3 is 2.13 bits per heavy atom. The molecule has 1 heterocycles. The highest BCUT2D eigenvalue weighted by molar-refractivity contribution is 6.18. The number of aliphatic hydroxyl groups is 1. The van der Waals surface area contributed by atoms with Crippen LogP contribution in [0.15, 0.2) is 0 Å². The van der Waals surface area contributed by atoms with E-state index in [1.807, 2.05) is 0 Å². The first kappa shape index (κ1) is 13.2. The van der Waals surface area contributed by atoms with Crippen LogP contribution in [0.2, 0.25) is 0 Å². The first-order chi connectivity index (χ1) is 6.93. The third-order valence-corrected chi connectivity index (χ3v) is 3.32. The van der Waals surface area contributed by atoms with Crippen molar-refractivity contribution in [2.24, 2.45) is 0 Å². The lowest BCUT2D eigenvalue weighted by atomic mass is 10.0. The average Bonchev–Trinajstić information content (AvgIpc) is 2.17. The summed E-state index contributed by atoms with van der Waals surface area (Å²) in [6.07, 6.45) is -0.382. The summed E-state index contributed by atoms with van der Waals surface area (Å²) in [5.41, 5.74) is 0.261. The molecule has 90 valence electrons. The Kier molecular flexibility index (Phi) is 4.84. The van der Waals surface area contributed by atoms with Crippen LogP contribution in [0.25, 0.3) is 0 Å². The number of aliphatic hydroxyl groups excluding tert-OH is 1. The van der Waals surface area contributed by atoms with Crippen LogP contribution in [0.4, 0.5) is 0 Å². The summed E-state index contributed by atoms with van der Waals surface area (Å²) >= 11 is 5.59. The molecule has 0 amide bonds. The molecule has 0 saturated carbocycles. The van der Waals surface area contributed by atoms with Gasteiger partial charge in [0.25, 0.3) is 0 Å². The van der Waals surface area contributed by atoms with Gasteiger partial charge in [0.2, 0.25) is 0 Å². The van der Waals surface area contributed by atoms with Crippen molar-refractivity contribution in [2.75, 3.05) is 38.6 Å². The first-order valence-electron chi connectivity index (χ1n) is 5.65. The zero-order chi connectivity index (χ0) is 11.5. The maximum absolute atomic E-state index is 9.45. The lowest BCUT2D eigenvalue weighted by Crippen LogP contribution is -2.54. The van der Waals surface area contributed by atoms with Crippen LogP contribution in [-0.2, 0) is 0 Å². The molecule has 1 unspecified atom stereocenters. The second kappa shape index (κ2) is 5.48. The molecular weight excluding hydrogens is 212 g/mol. The summed E-state index contributed by atoms with van der Waals surface area (Å²) in [5, 5.41) is 9.45. The van der Waals surface area contributed by atoms with Crippen LogP contribution >= 0.6 is 11.6 Å². The molecule has 3 nitrogen and oxygen atoms in total. The maximum Gasteiger partial charge on any atom is 0.0802 e. The highest BCUT2D eigenvalue weighted by Crippen LogP contribution is 2.15. The minimum atomic E-state index is -0.382. The van der Waals surface area contributed by atoms with Crippen LogP contribution < -0.4 is 0 Å². The summed E-state index contributed by atoms with van der Waals surface area (Å²) in [6, 6.07) is 0. The van der Waals surface area contributed by atoms with Crippen molar-refractivity contribution in [3.63, 3.8) is 0 Å². The quantitative estimate of drug-likeness (QED) is 0.739. The van der Waals surface area contributed by atoms with Crippen molar-refractivity contribution < 1.29 is 5.11 Å². The normalized spacial score (nSPS) is 23.0. The SMILES string of the molecule is CC(C)(C)N1CCN(CC(O)CCl)CC1. The van der Waals surface area contributed by atoms with Gasteiger partial charge in [-0.05, 0) is 20.8 Å². The van der Waals surface area contributed by atoms with Gasteiger partial charge in [-0.1, -0.05) is 0 Å². The Morgan fingerprint density at radius 2 is 1.73 bits per heavy atom.